The van der Waals surface area contributed by atoms with Crippen molar-refractivity contribution in [3.63, 3.8) is 0 Å². The minimum atomic E-state index is -0.434. The normalized spacial score (nSPS) is 11.1. The van der Waals surface area contributed by atoms with Crippen LogP contribution in [0.3, 0.4) is 0 Å². The van der Waals surface area contributed by atoms with Gasteiger partial charge in [-0.15, -0.1) is 10.2 Å². The van der Waals surface area contributed by atoms with Gasteiger partial charge in [-0.05, 0) is 54.6 Å². The Morgan fingerprint density at radius 2 is 1.88 bits per heavy atom. The third-order valence-corrected chi connectivity index (χ3v) is 6.11. The number of amides is 1. The molecule has 3 aromatic carbocycles. The lowest BCUT2D eigenvalue weighted by Gasteiger charge is -2.10. The summed E-state index contributed by atoms with van der Waals surface area (Å²) in [5.74, 6) is -0.119. The first-order valence-corrected chi connectivity index (χ1v) is 11.8. The quantitative estimate of drug-likeness (QED) is 0.183. The monoisotopic (exact) mass is 543 g/mol. The highest BCUT2D eigenvalue weighted by Crippen LogP contribution is 2.28. The van der Waals surface area contributed by atoms with Crippen molar-refractivity contribution in [1.29, 1.82) is 0 Å². The minimum absolute atomic E-state index is 0.0455. The fraction of sp³-hybridized carbons (Fsp3) is 0.0435. The van der Waals surface area contributed by atoms with Crippen LogP contribution in [0, 0.1) is 5.82 Å². The number of hydrogen-bond donors (Lipinski definition) is 1. The lowest BCUT2D eigenvalue weighted by molar-refractivity contribution is -0.118. The first-order chi connectivity index (χ1) is 16.0. The van der Waals surface area contributed by atoms with Crippen molar-refractivity contribution in [2.75, 3.05) is 5.75 Å². The van der Waals surface area contributed by atoms with Gasteiger partial charge in [0.2, 0.25) is 0 Å². The van der Waals surface area contributed by atoms with E-state index in [2.05, 4.69) is 36.7 Å². The van der Waals surface area contributed by atoms with Gasteiger partial charge >= 0.3 is 0 Å². The summed E-state index contributed by atoms with van der Waals surface area (Å²) in [6.45, 7) is 0. The van der Waals surface area contributed by atoms with Crippen LogP contribution in [0.4, 0.5) is 4.39 Å². The number of carbonyl (C=O) groups excluding carboxylic acids is 1. The molecule has 6 nitrogen and oxygen atoms in total. The zero-order chi connectivity index (χ0) is 23.2. The highest BCUT2D eigenvalue weighted by Gasteiger charge is 2.17. The third kappa shape index (κ3) is 5.87. The van der Waals surface area contributed by atoms with Gasteiger partial charge in [-0.2, -0.15) is 5.10 Å². The average molecular weight is 545 g/mol. The molecule has 0 spiro atoms. The van der Waals surface area contributed by atoms with E-state index in [1.807, 2.05) is 47.0 Å². The maximum atomic E-state index is 13.8. The maximum absolute atomic E-state index is 13.8. The average Bonchev–Trinajstić information content (AvgIpc) is 3.25. The molecule has 1 aromatic heterocycles. The summed E-state index contributed by atoms with van der Waals surface area (Å²) in [6, 6.07) is 21.4. The molecule has 0 aliphatic rings. The second kappa shape index (κ2) is 10.7. The molecule has 33 heavy (non-hydrogen) atoms. The van der Waals surface area contributed by atoms with Crippen LogP contribution in [0.1, 0.15) is 5.56 Å². The predicted molar refractivity (Wildman–Crippen MR) is 132 cm³/mol. The second-order valence-corrected chi connectivity index (χ2v) is 9.03. The van der Waals surface area contributed by atoms with Crippen LogP contribution in [0.25, 0.3) is 17.1 Å². The van der Waals surface area contributed by atoms with Gasteiger partial charge in [-0.1, -0.05) is 57.5 Å². The Morgan fingerprint density at radius 1 is 1.12 bits per heavy atom. The number of benzene rings is 3. The van der Waals surface area contributed by atoms with E-state index in [4.69, 9.17) is 11.6 Å². The Labute approximate surface area is 207 Å². The number of para-hydroxylation sites is 1. The molecule has 4 aromatic rings. The molecule has 1 N–H and O–H groups in total. The highest BCUT2D eigenvalue weighted by molar-refractivity contribution is 9.10. The highest BCUT2D eigenvalue weighted by atomic mass is 79.9. The number of aromatic nitrogens is 3. The number of rotatable bonds is 7. The van der Waals surface area contributed by atoms with Gasteiger partial charge in [0, 0.05) is 26.3 Å². The second-order valence-electron chi connectivity index (χ2n) is 6.73. The van der Waals surface area contributed by atoms with E-state index in [9.17, 15) is 9.18 Å². The number of hydrazone groups is 1. The number of carbonyl (C=O) groups is 1. The van der Waals surface area contributed by atoms with Gasteiger partial charge in [0.25, 0.3) is 5.91 Å². The molecule has 0 unspecified atom stereocenters. The lowest BCUT2D eigenvalue weighted by Crippen LogP contribution is -2.20. The van der Waals surface area contributed by atoms with Crippen molar-refractivity contribution >= 4 is 51.4 Å². The van der Waals surface area contributed by atoms with E-state index in [-0.39, 0.29) is 17.2 Å². The molecule has 4 rings (SSSR count). The van der Waals surface area contributed by atoms with Crippen LogP contribution >= 0.6 is 39.3 Å². The summed E-state index contributed by atoms with van der Waals surface area (Å²) < 4.78 is 16.4. The van der Waals surface area contributed by atoms with Crippen LogP contribution in [0.15, 0.2) is 87.5 Å². The van der Waals surface area contributed by atoms with Crippen molar-refractivity contribution in [2.45, 2.75) is 5.16 Å². The van der Waals surface area contributed by atoms with Crippen molar-refractivity contribution in [3.05, 3.63) is 93.7 Å². The lowest BCUT2D eigenvalue weighted by atomic mass is 10.2. The molecular weight excluding hydrogens is 529 g/mol. The minimum Gasteiger partial charge on any atom is -0.272 e. The first kappa shape index (κ1) is 23.2. The summed E-state index contributed by atoms with van der Waals surface area (Å²) in [5.41, 5.74) is 4.37. The van der Waals surface area contributed by atoms with Crippen molar-refractivity contribution < 1.29 is 9.18 Å². The number of hydrogen-bond acceptors (Lipinski definition) is 5. The molecule has 0 saturated carbocycles. The number of nitrogens with zero attached hydrogens (tertiary/aromatic N) is 4. The zero-order valence-electron chi connectivity index (χ0n) is 17.0. The van der Waals surface area contributed by atoms with E-state index < -0.39 is 5.82 Å². The summed E-state index contributed by atoms with van der Waals surface area (Å²) in [6.07, 6.45) is 1.26. The van der Waals surface area contributed by atoms with Crippen LogP contribution in [-0.4, -0.2) is 32.6 Å². The van der Waals surface area contributed by atoms with E-state index in [1.54, 1.807) is 24.3 Å². The van der Waals surface area contributed by atoms with E-state index >= 15 is 0 Å². The van der Waals surface area contributed by atoms with Crippen LogP contribution in [-0.2, 0) is 4.79 Å². The Balaban J connectivity index is 1.50. The van der Waals surface area contributed by atoms with Gasteiger partial charge < -0.3 is 0 Å². The van der Waals surface area contributed by atoms with Crippen molar-refractivity contribution in [1.82, 2.24) is 20.2 Å². The smallest absolute Gasteiger partial charge is 0.250 e. The maximum Gasteiger partial charge on any atom is 0.250 e. The SMILES string of the molecule is O=C(CSc1nnc(-c2ccc(Cl)cc2)n1-c1ccccc1)N/N=C/c1cc(Br)ccc1F. The summed E-state index contributed by atoms with van der Waals surface area (Å²) in [4.78, 5) is 12.3. The standard InChI is InChI=1S/C23H16BrClFN5OS/c24-17-8-11-20(26)16(12-17)13-27-28-21(32)14-33-23-30-29-22(15-6-9-18(25)10-7-15)31(23)19-4-2-1-3-5-19/h1-13H,14H2,(H,28,32)/b27-13+. The molecule has 0 bridgehead atoms. The molecule has 0 aliphatic heterocycles. The predicted octanol–water partition coefficient (Wildman–Crippen LogP) is 5.73. The van der Waals surface area contributed by atoms with Crippen molar-refractivity contribution in [3.8, 4) is 17.1 Å². The summed E-state index contributed by atoms with van der Waals surface area (Å²) in [7, 11) is 0. The van der Waals surface area contributed by atoms with Crippen LogP contribution < -0.4 is 5.43 Å². The number of thioether (sulfide) groups is 1. The largest absolute Gasteiger partial charge is 0.272 e. The molecule has 0 atom stereocenters. The summed E-state index contributed by atoms with van der Waals surface area (Å²) >= 11 is 10.5. The van der Waals surface area contributed by atoms with E-state index in [0.29, 0.717) is 20.5 Å². The van der Waals surface area contributed by atoms with Gasteiger partial charge in [0.05, 0.1) is 12.0 Å². The zero-order valence-corrected chi connectivity index (χ0v) is 20.1. The molecular formula is C23H16BrClFN5OS. The summed E-state index contributed by atoms with van der Waals surface area (Å²) in [5, 5.41) is 13.6. The third-order valence-electron chi connectivity index (χ3n) is 4.43. The molecule has 0 fully saturated rings. The van der Waals surface area contributed by atoms with Gasteiger partial charge in [-0.3, -0.25) is 9.36 Å². The first-order valence-electron chi connectivity index (χ1n) is 9.68. The molecule has 166 valence electrons. The molecule has 1 amide bonds. The number of halogens is 3. The molecule has 1 heterocycles. The number of nitrogens with one attached hydrogen (secondary N) is 1. The molecule has 0 saturated heterocycles. The Hall–Kier alpha value is -3.01. The molecule has 0 radical (unpaired) electrons. The van der Waals surface area contributed by atoms with Gasteiger partial charge in [0.1, 0.15) is 5.82 Å². The Morgan fingerprint density at radius 3 is 2.64 bits per heavy atom. The molecule has 10 heteroatoms. The van der Waals surface area contributed by atoms with Crippen LogP contribution in [0.5, 0.6) is 0 Å². The Kier molecular flexibility index (Phi) is 7.54. The van der Waals surface area contributed by atoms with Crippen molar-refractivity contribution in [2.24, 2.45) is 5.10 Å². The molecule has 0 aliphatic carbocycles. The Bertz CT molecular complexity index is 1300. The van der Waals surface area contributed by atoms with E-state index in [0.717, 1.165) is 11.3 Å². The van der Waals surface area contributed by atoms with Gasteiger partial charge in [-0.25, -0.2) is 9.82 Å². The topological polar surface area (TPSA) is 72.2 Å². The van der Waals surface area contributed by atoms with E-state index in [1.165, 1.54) is 24.0 Å². The van der Waals surface area contributed by atoms with Gasteiger partial charge in [0.15, 0.2) is 11.0 Å². The van der Waals surface area contributed by atoms with Crippen LogP contribution in [0.2, 0.25) is 5.02 Å². The fourth-order valence-corrected chi connectivity index (χ4v) is 4.16. The fourth-order valence-electron chi connectivity index (χ4n) is 2.91.